The third-order valence-electron chi connectivity index (χ3n) is 4.07. The molecule has 1 unspecified atom stereocenters. The fraction of sp³-hybridized carbons (Fsp3) is 0.263. The van der Waals surface area contributed by atoms with Crippen LogP contribution in [0.4, 0.5) is 0 Å². The summed E-state index contributed by atoms with van der Waals surface area (Å²) in [6.07, 6.45) is 0. The van der Waals surface area contributed by atoms with E-state index in [4.69, 9.17) is 4.98 Å². The van der Waals surface area contributed by atoms with Crippen molar-refractivity contribution in [1.29, 1.82) is 0 Å². The monoisotopic (exact) mass is 308 g/mol. The Labute approximate surface area is 135 Å². The van der Waals surface area contributed by atoms with Gasteiger partial charge in [-0.1, -0.05) is 55.8 Å². The first-order valence-electron chi connectivity index (χ1n) is 7.76. The second kappa shape index (κ2) is 5.88. The number of rotatable bonds is 4. The maximum atomic E-state index is 11.9. The van der Waals surface area contributed by atoms with Crippen LogP contribution in [0, 0.1) is 12.8 Å². The molecule has 0 aliphatic rings. The van der Waals surface area contributed by atoms with Gasteiger partial charge in [-0.05, 0) is 25.0 Å². The normalized spacial score (nSPS) is 12.7. The summed E-state index contributed by atoms with van der Waals surface area (Å²) in [6, 6.07) is 15.1. The highest BCUT2D eigenvalue weighted by molar-refractivity contribution is 5.84. The maximum absolute atomic E-state index is 11.9. The van der Waals surface area contributed by atoms with Crippen molar-refractivity contribution >= 4 is 17.0 Å². The van der Waals surface area contributed by atoms with Gasteiger partial charge >= 0.3 is 5.97 Å². The molecule has 0 aliphatic carbocycles. The van der Waals surface area contributed by atoms with Gasteiger partial charge < -0.3 is 9.67 Å². The van der Waals surface area contributed by atoms with Crippen LogP contribution in [0.15, 0.2) is 48.5 Å². The second-order valence-corrected chi connectivity index (χ2v) is 6.19. The third kappa shape index (κ3) is 2.72. The number of imidazole rings is 1. The van der Waals surface area contributed by atoms with E-state index in [2.05, 4.69) is 0 Å². The van der Waals surface area contributed by atoms with Crippen molar-refractivity contribution in [3.8, 4) is 11.4 Å². The van der Waals surface area contributed by atoms with Crippen LogP contribution >= 0.6 is 0 Å². The molecule has 0 saturated heterocycles. The molecule has 0 amide bonds. The molecule has 2 aromatic carbocycles. The molecule has 118 valence electrons. The number of aryl methyl sites for hydroxylation is 1. The lowest BCUT2D eigenvalue weighted by Gasteiger charge is -2.21. The van der Waals surface area contributed by atoms with E-state index >= 15 is 0 Å². The molecule has 4 nitrogen and oxygen atoms in total. The van der Waals surface area contributed by atoms with Crippen LogP contribution in [-0.2, 0) is 4.79 Å². The summed E-state index contributed by atoms with van der Waals surface area (Å²) < 4.78 is 1.85. The number of carboxylic acids is 1. The summed E-state index contributed by atoms with van der Waals surface area (Å²) in [4.78, 5) is 16.6. The lowest BCUT2D eigenvalue weighted by molar-refractivity contribution is -0.142. The molecule has 3 aromatic rings. The summed E-state index contributed by atoms with van der Waals surface area (Å²) in [5, 5.41) is 9.74. The molecular formula is C19H20N2O2. The summed E-state index contributed by atoms with van der Waals surface area (Å²) in [5.41, 5.74) is 3.76. The summed E-state index contributed by atoms with van der Waals surface area (Å²) >= 11 is 0. The van der Waals surface area contributed by atoms with Crippen LogP contribution in [0.5, 0.6) is 0 Å². The van der Waals surface area contributed by atoms with Crippen molar-refractivity contribution in [3.05, 3.63) is 54.1 Å². The van der Waals surface area contributed by atoms with Gasteiger partial charge in [-0.3, -0.25) is 0 Å². The van der Waals surface area contributed by atoms with Crippen molar-refractivity contribution in [1.82, 2.24) is 9.55 Å². The molecule has 0 aliphatic heterocycles. The number of carbonyl (C=O) groups is 1. The Balaban J connectivity index is 2.31. The van der Waals surface area contributed by atoms with Gasteiger partial charge in [0.1, 0.15) is 11.9 Å². The Morgan fingerprint density at radius 2 is 1.74 bits per heavy atom. The van der Waals surface area contributed by atoms with Gasteiger partial charge in [-0.2, -0.15) is 0 Å². The molecule has 0 bridgehead atoms. The van der Waals surface area contributed by atoms with Gasteiger partial charge in [0.05, 0.1) is 11.0 Å². The topological polar surface area (TPSA) is 55.1 Å². The van der Waals surface area contributed by atoms with E-state index in [9.17, 15) is 9.90 Å². The summed E-state index contributed by atoms with van der Waals surface area (Å²) in [6.45, 7) is 5.87. The van der Waals surface area contributed by atoms with E-state index in [0.29, 0.717) is 5.82 Å². The molecule has 1 N–H and O–H groups in total. The zero-order valence-electron chi connectivity index (χ0n) is 13.5. The van der Waals surface area contributed by atoms with Crippen LogP contribution in [0.3, 0.4) is 0 Å². The minimum atomic E-state index is -0.837. The van der Waals surface area contributed by atoms with Gasteiger partial charge in [0, 0.05) is 5.56 Å². The molecule has 0 radical (unpaired) electrons. The molecule has 0 saturated carbocycles. The third-order valence-corrected chi connectivity index (χ3v) is 4.07. The van der Waals surface area contributed by atoms with E-state index in [-0.39, 0.29) is 5.92 Å². The number of hydrogen-bond acceptors (Lipinski definition) is 2. The molecular weight excluding hydrogens is 288 g/mol. The Morgan fingerprint density at radius 1 is 1.09 bits per heavy atom. The van der Waals surface area contributed by atoms with Crippen LogP contribution in [0.25, 0.3) is 22.4 Å². The number of para-hydroxylation sites is 2. The number of hydrogen-bond donors (Lipinski definition) is 1. The molecule has 1 aromatic heterocycles. The van der Waals surface area contributed by atoms with Crippen LogP contribution < -0.4 is 0 Å². The van der Waals surface area contributed by atoms with Crippen molar-refractivity contribution in [3.63, 3.8) is 0 Å². The lowest BCUT2D eigenvalue weighted by Crippen LogP contribution is -2.24. The SMILES string of the molecule is Cc1ccc(-c2nc3ccccc3n2C(C(=O)O)C(C)C)cc1. The van der Waals surface area contributed by atoms with Crippen LogP contribution in [0.1, 0.15) is 25.5 Å². The number of benzene rings is 2. The number of nitrogens with zero attached hydrogens (tertiary/aromatic N) is 2. The minimum absolute atomic E-state index is 0.0469. The maximum Gasteiger partial charge on any atom is 0.327 e. The first kappa shape index (κ1) is 15.3. The minimum Gasteiger partial charge on any atom is -0.480 e. The van der Waals surface area contributed by atoms with Gasteiger partial charge in [-0.15, -0.1) is 0 Å². The van der Waals surface area contributed by atoms with E-state index in [1.54, 1.807) is 0 Å². The van der Waals surface area contributed by atoms with Crippen molar-refractivity contribution in [2.75, 3.05) is 0 Å². The zero-order chi connectivity index (χ0) is 16.6. The van der Waals surface area contributed by atoms with Gasteiger partial charge in [0.25, 0.3) is 0 Å². The predicted molar refractivity (Wildman–Crippen MR) is 91.4 cm³/mol. The number of aromatic nitrogens is 2. The van der Waals surface area contributed by atoms with Crippen molar-refractivity contribution in [2.24, 2.45) is 5.92 Å². The van der Waals surface area contributed by atoms with E-state index < -0.39 is 12.0 Å². The molecule has 3 rings (SSSR count). The zero-order valence-corrected chi connectivity index (χ0v) is 13.5. The highest BCUT2D eigenvalue weighted by Crippen LogP contribution is 2.32. The molecule has 0 spiro atoms. The molecule has 1 atom stereocenters. The molecule has 23 heavy (non-hydrogen) atoms. The second-order valence-electron chi connectivity index (χ2n) is 6.19. The smallest absolute Gasteiger partial charge is 0.327 e. The fourth-order valence-electron chi connectivity index (χ4n) is 2.93. The number of carboxylic acid groups (broad SMARTS) is 1. The van der Waals surface area contributed by atoms with Crippen molar-refractivity contribution in [2.45, 2.75) is 26.8 Å². The van der Waals surface area contributed by atoms with Gasteiger partial charge in [0.15, 0.2) is 0 Å². The number of aliphatic carboxylic acids is 1. The average molecular weight is 308 g/mol. The van der Waals surface area contributed by atoms with Crippen molar-refractivity contribution < 1.29 is 9.90 Å². The average Bonchev–Trinajstić information content (AvgIpc) is 2.87. The standard InChI is InChI=1S/C19H20N2O2/c1-12(2)17(19(22)23)21-16-7-5-4-6-15(16)20-18(21)14-10-8-13(3)9-11-14/h4-12,17H,1-3H3,(H,22,23). The van der Waals surface area contributed by atoms with Crippen LogP contribution in [0.2, 0.25) is 0 Å². The molecule has 1 heterocycles. The highest BCUT2D eigenvalue weighted by Gasteiger charge is 2.28. The lowest BCUT2D eigenvalue weighted by atomic mass is 10.0. The van der Waals surface area contributed by atoms with E-state index in [1.807, 2.05) is 73.9 Å². The fourth-order valence-corrected chi connectivity index (χ4v) is 2.93. The van der Waals surface area contributed by atoms with Crippen LogP contribution in [-0.4, -0.2) is 20.6 Å². The summed E-state index contributed by atoms with van der Waals surface area (Å²) in [7, 11) is 0. The largest absolute Gasteiger partial charge is 0.480 e. The first-order valence-corrected chi connectivity index (χ1v) is 7.76. The van der Waals surface area contributed by atoms with E-state index in [0.717, 1.165) is 22.2 Å². The van der Waals surface area contributed by atoms with Gasteiger partial charge in [-0.25, -0.2) is 9.78 Å². The molecule has 0 fully saturated rings. The predicted octanol–water partition coefficient (Wildman–Crippen LogP) is 4.29. The Kier molecular flexibility index (Phi) is 3.90. The highest BCUT2D eigenvalue weighted by atomic mass is 16.4. The quantitative estimate of drug-likeness (QED) is 0.782. The Bertz CT molecular complexity index is 847. The molecule has 4 heteroatoms. The number of fused-ring (bicyclic) bond motifs is 1. The Hall–Kier alpha value is -2.62. The summed E-state index contributed by atoms with van der Waals surface area (Å²) in [5.74, 6) is -0.182. The Morgan fingerprint density at radius 3 is 2.35 bits per heavy atom. The first-order chi connectivity index (χ1) is 11.0. The van der Waals surface area contributed by atoms with Gasteiger partial charge in [0.2, 0.25) is 0 Å². The van der Waals surface area contributed by atoms with E-state index in [1.165, 1.54) is 0 Å².